The number of carbonyl (C=O) groups is 1. The summed E-state index contributed by atoms with van der Waals surface area (Å²) < 4.78 is 0. The van der Waals surface area contributed by atoms with Crippen molar-refractivity contribution >= 4 is 5.78 Å². The van der Waals surface area contributed by atoms with E-state index >= 15 is 0 Å². The van der Waals surface area contributed by atoms with Crippen molar-refractivity contribution in [2.24, 2.45) is 5.92 Å². The predicted molar refractivity (Wildman–Crippen MR) is 103 cm³/mol. The maximum absolute atomic E-state index is 12.8. The van der Waals surface area contributed by atoms with Gasteiger partial charge in [-0.3, -0.25) is 4.79 Å². The highest BCUT2D eigenvalue weighted by molar-refractivity contribution is 5.83. The van der Waals surface area contributed by atoms with Crippen LogP contribution in [0, 0.1) is 5.92 Å². The molecule has 2 aliphatic heterocycles. The lowest BCUT2D eigenvalue weighted by Crippen LogP contribution is -2.51. The Morgan fingerprint density at radius 3 is 2.16 bits per heavy atom. The minimum atomic E-state index is 0.264. The predicted octanol–water partition coefficient (Wildman–Crippen LogP) is 4.73. The van der Waals surface area contributed by atoms with E-state index in [9.17, 15) is 4.79 Å². The summed E-state index contributed by atoms with van der Waals surface area (Å²) in [6.07, 6.45) is 6.58. The molecule has 2 atom stereocenters. The molecule has 0 N–H and O–H groups in total. The maximum Gasteiger partial charge on any atom is 0.140 e. The molecule has 0 aliphatic carbocycles. The van der Waals surface area contributed by atoms with Gasteiger partial charge in [-0.25, -0.2) is 0 Å². The SMILES string of the molecule is CN1C2CCCC1CC(C(=O)Cc1ccc(-c3ccccc3)cc1)C2. The molecule has 130 valence electrons. The van der Waals surface area contributed by atoms with Gasteiger partial charge >= 0.3 is 0 Å². The smallest absolute Gasteiger partial charge is 0.140 e. The first kappa shape index (κ1) is 16.5. The second-order valence-electron chi connectivity index (χ2n) is 7.78. The molecule has 2 aromatic carbocycles. The van der Waals surface area contributed by atoms with E-state index in [1.165, 1.54) is 30.4 Å². The summed E-state index contributed by atoms with van der Waals surface area (Å²) in [5.41, 5.74) is 3.59. The summed E-state index contributed by atoms with van der Waals surface area (Å²) in [6.45, 7) is 0. The van der Waals surface area contributed by atoms with E-state index < -0.39 is 0 Å². The number of carbonyl (C=O) groups excluding carboxylic acids is 1. The summed E-state index contributed by atoms with van der Waals surface area (Å²) in [6, 6.07) is 20.2. The summed E-state index contributed by atoms with van der Waals surface area (Å²) >= 11 is 0. The zero-order chi connectivity index (χ0) is 17.2. The van der Waals surface area contributed by atoms with Crippen molar-refractivity contribution in [2.45, 2.75) is 50.6 Å². The quantitative estimate of drug-likeness (QED) is 0.806. The monoisotopic (exact) mass is 333 g/mol. The second-order valence-corrected chi connectivity index (χ2v) is 7.78. The lowest BCUT2D eigenvalue weighted by atomic mass is 9.76. The van der Waals surface area contributed by atoms with Gasteiger partial charge in [0.2, 0.25) is 0 Å². The van der Waals surface area contributed by atoms with Crippen molar-refractivity contribution in [3.63, 3.8) is 0 Å². The van der Waals surface area contributed by atoms with Gasteiger partial charge in [0.1, 0.15) is 5.78 Å². The van der Waals surface area contributed by atoms with E-state index in [2.05, 4.69) is 60.5 Å². The molecule has 2 heterocycles. The van der Waals surface area contributed by atoms with Crippen molar-refractivity contribution in [2.75, 3.05) is 7.05 Å². The van der Waals surface area contributed by atoms with Crippen LogP contribution in [0.3, 0.4) is 0 Å². The normalized spacial score (nSPS) is 26.4. The summed E-state index contributed by atoms with van der Waals surface area (Å²) in [5, 5.41) is 0. The minimum Gasteiger partial charge on any atom is -0.300 e. The molecule has 2 heteroatoms. The maximum atomic E-state index is 12.8. The molecule has 2 bridgehead atoms. The average Bonchev–Trinajstić information content (AvgIpc) is 2.63. The standard InChI is InChI=1S/C23H27NO/c1-24-21-8-5-9-22(24)16-20(15-21)23(25)14-17-10-12-19(13-11-17)18-6-3-2-4-7-18/h2-4,6-7,10-13,20-22H,5,8-9,14-16H2,1H3. The van der Waals surface area contributed by atoms with Gasteiger partial charge in [0.15, 0.2) is 0 Å². The van der Waals surface area contributed by atoms with E-state index in [4.69, 9.17) is 0 Å². The van der Waals surface area contributed by atoms with E-state index in [1.807, 2.05) is 6.07 Å². The third-order valence-corrected chi connectivity index (χ3v) is 6.23. The molecule has 2 saturated heterocycles. The molecule has 2 aliphatic rings. The van der Waals surface area contributed by atoms with Crippen LogP contribution in [0.4, 0.5) is 0 Å². The Balaban J connectivity index is 1.41. The zero-order valence-corrected chi connectivity index (χ0v) is 15.0. The third kappa shape index (κ3) is 3.55. The van der Waals surface area contributed by atoms with Gasteiger partial charge in [0.05, 0.1) is 0 Å². The largest absolute Gasteiger partial charge is 0.300 e. The molecule has 2 fully saturated rings. The van der Waals surface area contributed by atoms with E-state index in [1.54, 1.807) is 0 Å². The number of piperidine rings is 2. The first-order chi connectivity index (χ1) is 12.2. The van der Waals surface area contributed by atoms with Crippen molar-refractivity contribution in [3.8, 4) is 11.1 Å². The fourth-order valence-electron chi connectivity index (χ4n) is 4.67. The van der Waals surface area contributed by atoms with Crippen molar-refractivity contribution in [3.05, 3.63) is 60.2 Å². The molecule has 0 saturated carbocycles. The Bertz CT molecular complexity index is 708. The Hall–Kier alpha value is -1.93. The lowest BCUT2D eigenvalue weighted by molar-refractivity contribution is -0.125. The van der Waals surface area contributed by atoms with Crippen LogP contribution >= 0.6 is 0 Å². The third-order valence-electron chi connectivity index (χ3n) is 6.23. The molecule has 0 amide bonds. The molecule has 0 spiro atoms. The Labute approximate surface area is 150 Å². The van der Waals surface area contributed by atoms with Crippen LogP contribution in [0.1, 0.15) is 37.7 Å². The summed E-state index contributed by atoms with van der Waals surface area (Å²) in [5.74, 6) is 0.706. The van der Waals surface area contributed by atoms with Gasteiger partial charge in [-0.05, 0) is 49.4 Å². The fourth-order valence-corrected chi connectivity index (χ4v) is 4.67. The number of hydrogen-bond acceptors (Lipinski definition) is 2. The van der Waals surface area contributed by atoms with E-state index in [-0.39, 0.29) is 5.92 Å². The van der Waals surface area contributed by atoms with Crippen LogP contribution in [0.15, 0.2) is 54.6 Å². The number of fused-ring (bicyclic) bond motifs is 2. The van der Waals surface area contributed by atoms with E-state index in [0.717, 1.165) is 18.4 Å². The molecule has 0 aromatic heterocycles. The van der Waals surface area contributed by atoms with Gasteiger partial charge in [-0.2, -0.15) is 0 Å². The van der Waals surface area contributed by atoms with Gasteiger partial charge in [-0.1, -0.05) is 61.0 Å². The molecule has 4 rings (SSSR count). The van der Waals surface area contributed by atoms with Gasteiger partial charge in [0, 0.05) is 24.4 Å². The molecule has 2 unspecified atom stereocenters. The van der Waals surface area contributed by atoms with Crippen molar-refractivity contribution in [1.82, 2.24) is 4.90 Å². The van der Waals surface area contributed by atoms with Gasteiger partial charge in [-0.15, -0.1) is 0 Å². The van der Waals surface area contributed by atoms with Crippen LogP contribution in [-0.2, 0) is 11.2 Å². The zero-order valence-electron chi connectivity index (χ0n) is 15.0. The molecule has 0 radical (unpaired) electrons. The van der Waals surface area contributed by atoms with Crippen LogP contribution < -0.4 is 0 Å². The molecular weight excluding hydrogens is 306 g/mol. The van der Waals surface area contributed by atoms with Gasteiger partial charge in [0.25, 0.3) is 0 Å². The number of hydrogen-bond donors (Lipinski definition) is 0. The van der Waals surface area contributed by atoms with Crippen molar-refractivity contribution in [1.29, 1.82) is 0 Å². The first-order valence-corrected chi connectivity index (χ1v) is 9.60. The van der Waals surface area contributed by atoms with Crippen molar-refractivity contribution < 1.29 is 4.79 Å². The number of Topliss-reactive ketones (excluding diaryl/α,β-unsaturated/α-hetero) is 1. The Kier molecular flexibility index (Phi) is 4.72. The van der Waals surface area contributed by atoms with E-state index in [0.29, 0.717) is 24.3 Å². The first-order valence-electron chi connectivity index (χ1n) is 9.60. The van der Waals surface area contributed by atoms with Crippen LogP contribution in [-0.4, -0.2) is 29.8 Å². The molecule has 2 aromatic rings. The van der Waals surface area contributed by atoms with Crippen LogP contribution in [0.25, 0.3) is 11.1 Å². The van der Waals surface area contributed by atoms with Gasteiger partial charge < -0.3 is 4.90 Å². The highest BCUT2D eigenvalue weighted by Gasteiger charge is 2.38. The number of benzene rings is 2. The summed E-state index contributed by atoms with van der Waals surface area (Å²) in [7, 11) is 2.25. The van der Waals surface area contributed by atoms with Crippen LogP contribution in [0.5, 0.6) is 0 Å². The Morgan fingerprint density at radius 2 is 1.52 bits per heavy atom. The fraction of sp³-hybridized carbons (Fsp3) is 0.435. The minimum absolute atomic E-state index is 0.264. The summed E-state index contributed by atoms with van der Waals surface area (Å²) in [4.78, 5) is 15.4. The number of nitrogens with zero attached hydrogens (tertiary/aromatic N) is 1. The highest BCUT2D eigenvalue weighted by Crippen LogP contribution is 2.36. The van der Waals surface area contributed by atoms with Crippen LogP contribution in [0.2, 0.25) is 0 Å². The average molecular weight is 333 g/mol. The second kappa shape index (κ2) is 7.13. The molecular formula is C23H27NO. The molecule has 2 nitrogen and oxygen atoms in total. The Morgan fingerprint density at radius 1 is 0.920 bits per heavy atom. The number of rotatable bonds is 4. The lowest BCUT2D eigenvalue weighted by Gasteiger charge is -2.46. The topological polar surface area (TPSA) is 20.3 Å². The molecule has 25 heavy (non-hydrogen) atoms. The highest BCUT2D eigenvalue weighted by atomic mass is 16.1. The number of ketones is 1.